The maximum Gasteiger partial charge on any atom is 0.0431 e. The molecule has 0 radical (unpaired) electrons. The molecule has 0 spiro atoms. The highest BCUT2D eigenvalue weighted by Gasteiger charge is 2.40. The van der Waals surface area contributed by atoms with Gasteiger partial charge in [-0.2, -0.15) is 0 Å². The first-order valence-electron chi connectivity index (χ1n) is 12.5. The average molecular weight is 410 g/mol. The maximum atomic E-state index is 9.07. The van der Waals surface area contributed by atoms with Crippen molar-refractivity contribution >= 4 is 0 Å². The summed E-state index contributed by atoms with van der Waals surface area (Å²) in [7, 11) is 8.95. The van der Waals surface area contributed by atoms with E-state index in [0.29, 0.717) is 12.0 Å². The van der Waals surface area contributed by atoms with Crippen LogP contribution in [-0.4, -0.2) is 87.3 Å². The SMILES string of the molecule is CN(C)CC1CCC[C@@H]1CN(CCCCCCO)C[C@@H]1CCCC1(C)CN(C)C. The maximum absolute atomic E-state index is 9.07. The van der Waals surface area contributed by atoms with Gasteiger partial charge >= 0.3 is 0 Å². The molecule has 2 unspecified atom stereocenters. The van der Waals surface area contributed by atoms with Gasteiger partial charge in [0.2, 0.25) is 0 Å². The number of unbranched alkanes of at least 4 members (excludes halogenated alkanes) is 3. The van der Waals surface area contributed by atoms with Gasteiger partial charge in [-0.05, 0) is 96.4 Å². The third-order valence-corrected chi connectivity index (χ3v) is 7.73. The Morgan fingerprint density at radius 2 is 1.48 bits per heavy atom. The number of aliphatic hydroxyl groups is 1. The molecule has 4 nitrogen and oxygen atoms in total. The highest BCUT2D eigenvalue weighted by molar-refractivity contribution is 4.92. The molecule has 0 saturated heterocycles. The predicted molar refractivity (Wildman–Crippen MR) is 125 cm³/mol. The Balaban J connectivity index is 1.96. The predicted octanol–water partition coefficient (Wildman–Crippen LogP) is 4.19. The Hall–Kier alpha value is -0.160. The topological polar surface area (TPSA) is 30.0 Å². The van der Waals surface area contributed by atoms with Crippen molar-refractivity contribution in [1.29, 1.82) is 0 Å². The summed E-state index contributed by atoms with van der Waals surface area (Å²) in [6, 6.07) is 0. The minimum Gasteiger partial charge on any atom is -0.396 e. The second-order valence-corrected chi connectivity index (χ2v) is 11.1. The van der Waals surface area contributed by atoms with Crippen molar-refractivity contribution in [1.82, 2.24) is 14.7 Å². The fraction of sp³-hybridized carbons (Fsp3) is 1.00. The molecule has 2 saturated carbocycles. The lowest BCUT2D eigenvalue weighted by Gasteiger charge is -2.39. The van der Waals surface area contributed by atoms with Gasteiger partial charge in [0.05, 0.1) is 0 Å². The number of rotatable bonds is 14. The van der Waals surface area contributed by atoms with E-state index in [2.05, 4.69) is 49.8 Å². The van der Waals surface area contributed by atoms with Crippen LogP contribution in [0.15, 0.2) is 0 Å². The van der Waals surface area contributed by atoms with Gasteiger partial charge in [-0.3, -0.25) is 0 Å². The first kappa shape index (κ1) is 25.1. The Kier molecular flexibility index (Phi) is 10.9. The molecule has 2 aliphatic rings. The molecule has 0 aromatic carbocycles. The van der Waals surface area contributed by atoms with Gasteiger partial charge in [0.25, 0.3) is 0 Å². The van der Waals surface area contributed by atoms with E-state index in [1.807, 2.05) is 0 Å². The molecule has 1 N–H and O–H groups in total. The van der Waals surface area contributed by atoms with Gasteiger partial charge in [0, 0.05) is 32.8 Å². The van der Waals surface area contributed by atoms with Gasteiger partial charge in [-0.25, -0.2) is 0 Å². The summed E-state index contributed by atoms with van der Waals surface area (Å²) < 4.78 is 0. The van der Waals surface area contributed by atoms with Crippen LogP contribution in [0.4, 0.5) is 0 Å². The second kappa shape index (κ2) is 12.6. The fourth-order valence-electron chi connectivity index (χ4n) is 6.31. The minimum atomic E-state index is 0.350. The van der Waals surface area contributed by atoms with E-state index in [4.69, 9.17) is 5.11 Å². The molecular weight excluding hydrogens is 358 g/mol. The summed E-state index contributed by atoms with van der Waals surface area (Å²) in [5.41, 5.74) is 0.483. The molecule has 4 heteroatoms. The number of aliphatic hydroxyl groups excluding tert-OH is 1. The van der Waals surface area contributed by atoms with Gasteiger partial charge < -0.3 is 19.8 Å². The molecule has 2 rings (SSSR count). The molecule has 0 aliphatic heterocycles. The fourth-order valence-corrected chi connectivity index (χ4v) is 6.31. The minimum absolute atomic E-state index is 0.350. The molecular formula is C25H51N3O. The number of nitrogens with zero attached hydrogens (tertiary/aromatic N) is 3. The van der Waals surface area contributed by atoms with Crippen LogP contribution < -0.4 is 0 Å². The number of hydrogen-bond acceptors (Lipinski definition) is 4. The van der Waals surface area contributed by atoms with Crippen LogP contribution >= 0.6 is 0 Å². The van der Waals surface area contributed by atoms with E-state index >= 15 is 0 Å². The lowest BCUT2D eigenvalue weighted by Crippen LogP contribution is -2.43. The monoisotopic (exact) mass is 409 g/mol. The van der Waals surface area contributed by atoms with Gasteiger partial charge in [0.15, 0.2) is 0 Å². The molecule has 0 aromatic rings. The van der Waals surface area contributed by atoms with Gasteiger partial charge in [0.1, 0.15) is 0 Å². The smallest absolute Gasteiger partial charge is 0.0431 e. The zero-order valence-corrected chi connectivity index (χ0v) is 20.3. The first-order chi connectivity index (χ1) is 13.8. The van der Waals surface area contributed by atoms with Gasteiger partial charge in [-0.1, -0.05) is 32.6 Å². The summed E-state index contributed by atoms with van der Waals surface area (Å²) in [6.07, 6.45) is 13.2. The van der Waals surface area contributed by atoms with Crippen molar-refractivity contribution in [3.63, 3.8) is 0 Å². The van der Waals surface area contributed by atoms with E-state index < -0.39 is 0 Å². The molecule has 2 fully saturated rings. The summed E-state index contributed by atoms with van der Waals surface area (Å²) in [5.74, 6) is 2.62. The zero-order chi connectivity index (χ0) is 21.3. The average Bonchev–Trinajstić information content (AvgIpc) is 3.20. The Morgan fingerprint density at radius 3 is 2.14 bits per heavy atom. The van der Waals surface area contributed by atoms with Crippen LogP contribution in [0.2, 0.25) is 0 Å². The molecule has 0 heterocycles. The molecule has 0 bridgehead atoms. The highest BCUT2D eigenvalue weighted by Crippen LogP contribution is 2.44. The molecule has 0 aromatic heterocycles. The third-order valence-electron chi connectivity index (χ3n) is 7.73. The molecule has 29 heavy (non-hydrogen) atoms. The van der Waals surface area contributed by atoms with Crippen LogP contribution in [0.5, 0.6) is 0 Å². The van der Waals surface area contributed by atoms with Crippen LogP contribution in [0, 0.1) is 23.2 Å². The highest BCUT2D eigenvalue weighted by atomic mass is 16.2. The van der Waals surface area contributed by atoms with Crippen molar-refractivity contribution in [2.75, 3.05) is 67.5 Å². The summed E-state index contributed by atoms with van der Waals surface area (Å²) in [4.78, 5) is 7.66. The van der Waals surface area contributed by atoms with Crippen molar-refractivity contribution in [3.05, 3.63) is 0 Å². The van der Waals surface area contributed by atoms with Gasteiger partial charge in [-0.15, -0.1) is 0 Å². The largest absolute Gasteiger partial charge is 0.396 e. The quantitative estimate of drug-likeness (QED) is 0.436. The summed E-state index contributed by atoms with van der Waals surface area (Å²) >= 11 is 0. The number of hydrogen-bond donors (Lipinski definition) is 1. The van der Waals surface area contributed by atoms with Crippen molar-refractivity contribution in [2.45, 2.75) is 71.1 Å². The van der Waals surface area contributed by atoms with E-state index in [0.717, 1.165) is 24.2 Å². The van der Waals surface area contributed by atoms with E-state index in [-0.39, 0.29) is 0 Å². The van der Waals surface area contributed by atoms with Crippen LogP contribution in [0.1, 0.15) is 71.1 Å². The Labute approximate surface area is 182 Å². The molecule has 0 amide bonds. The zero-order valence-electron chi connectivity index (χ0n) is 20.3. The van der Waals surface area contributed by atoms with Crippen LogP contribution in [-0.2, 0) is 0 Å². The van der Waals surface area contributed by atoms with E-state index in [1.165, 1.54) is 90.5 Å². The van der Waals surface area contributed by atoms with Crippen molar-refractivity contribution in [3.8, 4) is 0 Å². The van der Waals surface area contributed by atoms with Crippen molar-refractivity contribution in [2.24, 2.45) is 23.2 Å². The third kappa shape index (κ3) is 8.47. The van der Waals surface area contributed by atoms with Crippen LogP contribution in [0.3, 0.4) is 0 Å². The first-order valence-corrected chi connectivity index (χ1v) is 12.5. The lowest BCUT2D eigenvalue weighted by atomic mass is 9.78. The standard InChI is InChI=1S/C25H51N3O/c1-25(21-27(4)5)15-11-14-24(25)20-28(16-8-6-7-9-17-29)19-23-13-10-12-22(23)18-26(2)3/h22-24,29H,6-21H2,1-5H3/t22?,23-,24+,25?/m1/s1. The second-order valence-electron chi connectivity index (χ2n) is 11.1. The normalized spacial score (nSPS) is 30.3. The summed E-state index contributed by atoms with van der Waals surface area (Å²) in [6.45, 7) is 9.26. The molecule has 4 atom stereocenters. The van der Waals surface area contributed by atoms with Crippen molar-refractivity contribution < 1.29 is 5.11 Å². The molecule has 172 valence electrons. The van der Waals surface area contributed by atoms with E-state index in [1.54, 1.807) is 0 Å². The van der Waals surface area contributed by atoms with E-state index in [9.17, 15) is 0 Å². The Bertz CT molecular complexity index is 442. The van der Waals surface area contributed by atoms with Crippen LogP contribution in [0.25, 0.3) is 0 Å². The molecule has 2 aliphatic carbocycles. The Morgan fingerprint density at radius 1 is 0.793 bits per heavy atom. The lowest BCUT2D eigenvalue weighted by molar-refractivity contribution is 0.0987. The summed E-state index contributed by atoms with van der Waals surface area (Å²) in [5, 5.41) is 9.07.